The first kappa shape index (κ1) is 13.6. The molecule has 1 aliphatic heterocycles. The van der Waals surface area contributed by atoms with E-state index < -0.39 is 6.04 Å². The van der Waals surface area contributed by atoms with Gasteiger partial charge in [-0.3, -0.25) is 9.69 Å². The number of rotatable bonds is 5. The largest absolute Gasteiger partial charge is 0.351 e. The first-order valence-electron chi connectivity index (χ1n) is 7.56. The molecule has 0 aromatic heterocycles. The minimum atomic E-state index is -0.452. The van der Waals surface area contributed by atoms with E-state index in [1.165, 1.54) is 12.8 Å². The average Bonchev–Trinajstić information content (AvgIpc) is 3.20. The van der Waals surface area contributed by atoms with E-state index in [4.69, 9.17) is 5.73 Å². The third-order valence-electron chi connectivity index (χ3n) is 4.26. The van der Waals surface area contributed by atoms with Crippen molar-refractivity contribution in [2.24, 2.45) is 5.73 Å². The van der Waals surface area contributed by atoms with E-state index in [9.17, 15) is 4.79 Å². The normalized spacial score (nSPS) is 24.6. The van der Waals surface area contributed by atoms with Gasteiger partial charge in [-0.15, -0.1) is 0 Å². The van der Waals surface area contributed by atoms with Crippen LogP contribution in [0.4, 0.5) is 0 Å². The molecule has 1 aromatic rings. The Morgan fingerprint density at radius 2 is 2.05 bits per heavy atom. The minimum absolute atomic E-state index is 0.0171. The fourth-order valence-corrected chi connectivity index (χ4v) is 2.95. The van der Waals surface area contributed by atoms with Crippen LogP contribution in [-0.2, 0) is 11.2 Å². The summed E-state index contributed by atoms with van der Waals surface area (Å²) in [5.41, 5.74) is 7.12. The molecule has 1 unspecified atom stereocenters. The molecule has 4 nitrogen and oxygen atoms in total. The van der Waals surface area contributed by atoms with Gasteiger partial charge in [-0.25, -0.2) is 0 Å². The Hall–Kier alpha value is -1.39. The van der Waals surface area contributed by atoms with Crippen molar-refractivity contribution < 1.29 is 4.79 Å². The summed E-state index contributed by atoms with van der Waals surface area (Å²) < 4.78 is 0. The molecule has 1 amide bonds. The fraction of sp³-hybridized carbons (Fsp3) is 0.562. The highest BCUT2D eigenvalue weighted by Crippen LogP contribution is 2.29. The van der Waals surface area contributed by atoms with E-state index in [0.717, 1.165) is 31.1 Å². The lowest BCUT2D eigenvalue weighted by atomic mass is 10.1. The van der Waals surface area contributed by atoms with Crippen LogP contribution in [0.3, 0.4) is 0 Å². The zero-order valence-corrected chi connectivity index (χ0v) is 11.8. The van der Waals surface area contributed by atoms with Crippen molar-refractivity contribution in [3.05, 3.63) is 35.9 Å². The smallest absolute Gasteiger partial charge is 0.237 e. The van der Waals surface area contributed by atoms with E-state index in [2.05, 4.69) is 10.2 Å². The number of hydrogen-bond donors (Lipinski definition) is 2. The predicted octanol–water partition coefficient (Wildman–Crippen LogP) is 0.909. The average molecular weight is 273 g/mol. The van der Waals surface area contributed by atoms with Crippen LogP contribution in [0.25, 0.3) is 0 Å². The molecule has 1 aliphatic carbocycles. The zero-order valence-electron chi connectivity index (χ0n) is 11.8. The highest BCUT2D eigenvalue weighted by Gasteiger charge is 2.35. The van der Waals surface area contributed by atoms with Crippen molar-refractivity contribution in [3.63, 3.8) is 0 Å². The topological polar surface area (TPSA) is 58.4 Å². The van der Waals surface area contributed by atoms with E-state index in [-0.39, 0.29) is 11.9 Å². The van der Waals surface area contributed by atoms with Crippen LogP contribution in [0.2, 0.25) is 0 Å². The molecule has 3 rings (SSSR count). The fourth-order valence-electron chi connectivity index (χ4n) is 2.95. The number of benzene rings is 1. The van der Waals surface area contributed by atoms with E-state index in [1.807, 2.05) is 30.3 Å². The van der Waals surface area contributed by atoms with E-state index in [1.54, 1.807) is 0 Å². The van der Waals surface area contributed by atoms with Crippen LogP contribution in [0.1, 0.15) is 24.8 Å². The molecule has 1 aromatic carbocycles. The number of amides is 1. The Labute approximate surface area is 120 Å². The monoisotopic (exact) mass is 273 g/mol. The van der Waals surface area contributed by atoms with Crippen LogP contribution in [0, 0.1) is 0 Å². The van der Waals surface area contributed by atoms with Gasteiger partial charge in [0.1, 0.15) is 0 Å². The molecule has 3 N–H and O–H groups in total. The maximum absolute atomic E-state index is 12.1. The number of nitrogens with zero attached hydrogens (tertiary/aromatic N) is 1. The molecule has 2 atom stereocenters. The van der Waals surface area contributed by atoms with E-state index in [0.29, 0.717) is 6.42 Å². The quantitative estimate of drug-likeness (QED) is 0.838. The Bertz CT molecular complexity index is 458. The van der Waals surface area contributed by atoms with Gasteiger partial charge in [0.25, 0.3) is 0 Å². The second-order valence-corrected chi connectivity index (χ2v) is 6.02. The summed E-state index contributed by atoms with van der Waals surface area (Å²) in [6.45, 7) is 2.11. The lowest BCUT2D eigenvalue weighted by Gasteiger charge is -2.18. The molecule has 2 fully saturated rings. The van der Waals surface area contributed by atoms with Crippen molar-refractivity contribution in [2.45, 2.75) is 43.8 Å². The molecule has 1 saturated carbocycles. The number of carbonyl (C=O) groups excluding carboxylic acids is 1. The van der Waals surface area contributed by atoms with E-state index >= 15 is 0 Å². The number of carbonyl (C=O) groups is 1. The van der Waals surface area contributed by atoms with Gasteiger partial charge in [-0.2, -0.15) is 0 Å². The summed E-state index contributed by atoms with van der Waals surface area (Å²) in [6, 6.07) is 10.6. The summed E-state index contributed by atoms with van der Waals surface area (Å²) in [4.78, 5) is 14.6. The molecule has 1 heterocycles. The molecule has 0 bridgehead atoms. The van der Waals surface area contributed by atoms with Crippen molar-refractivity contribution in [3.8, 4) is 0 Å². The van der Waals surface area contributed by atoms with Gasteiger partial charge in [-0.05, 0) is 31.2 Å². The van der Waals surface area contributed by atoms with Crippen molar-refractivity contribution in [1.29, 1.82) is 0 Å². The summed E-state index contributed by atoms with van der Waals surface area (Å²) >= 11 is 0. The molecular formula is C16H23N3O. The maximum Gasteiger partial charge on any atom is 0.237 e. The first-order chi connectivity index (χ1) is 9.72. The second-order valence-electron chi connectivity index (χ2n) is 6.02. The van der Waals surface area contributed by atoms with Gasteiger partial charge in [0.2, 0.25) is 5.91 Å². The Kier molecular flexibility index (Phi) is 4.03. The number of likely N-dealkylation sites (tertiary alicyclic amines) is 1. The van der Waals surface area contributed by atoms with Crippen LogP contribution in [0.5, 0.6) is 0 Å². The number of nitrogens with two attached hydrogens (primary N) is 1. The van der Waals surface area contributed by atoms with Gasteiger partial charge in [0.15, 0.2) is 0 Å². The lowest BCUT2D eigenvalue weighted by Crippen LogP contribution is -2.47. The van der Waals surface area contributed by atoms with Crippen molar-refractivity contribution >= 4 is 5.91 Å². The third kappa shape index (κ3) is 3.38. The molecule has 4 heteroatoms. The molecule has 0 spiro atoms. The molecule has 20 heavy (non-hydrogen) atoms. The van der Waals surface area contributed by atoms with Gasteiger partial charge < -0.3 is 11.1 Å². The summed E-state index contributed by atoms with van der Waals surface area (Å²) in [5, 5.41) is 3.11. The minimum Gasteiger partial charge on any atom is -0.351 e. The standard InChI is InChI=1S/C16H23N3O/c17-15(10-12-4-2-1-3-5-12)16(20)18-13-8-9-19(11-13)14-6-7-14/h1-5,13-15H,6-11,17H2,(H,18,20)/t13?,15-/m0/s1. The van der Waals surface area contributed by atoms with Crippen molar-refractivity contribution in [1.82, 2.24) is 10.2 Å². The van der Waals surface area contributed by atoms with Crippen molar-refractivity contribution in [2.75, 3.05) is 13.1 Å². The SMILES string of the molecule is N[C@@H](Cc1ccccc1)C(=O)NC1CCN(C2CC2)C1. The summed E-state index contributed by atoms with van der Waals surface area (Å²) in [5.74, 6) is -0.0171. The molecule has 1 saturated heterocycles. The summed E-state index contributed by atoms with van der Waals surface area (Å²) in [6.07, 6.45) is 4.31. The van der Waals surface area contributed by atoms with Gasteiger partial charge >= 0.3 is 0 Å². The Balaban J connectivity index is 1.46. The summed E-state index contributed by atoms with van der Waals surface area (Å²) in [7, 11) is 0. The maximum atomic E-state index is 12.1. The number of hydrogen-bond acceptors (Lipinski definition) is 3. The molecule has 108 valence electrons. The Morgan fingerprint density at radius 3 is 2.75 bits per heavy atom. The second kappa shape index (κ2) is 5.94. The highest BCUT2D eigenvalue weighted by atomic mass is 16.2. The number of nitrogens with one attached hydrogen (secondary N) is 1. The molecule has 2 aliphatic rings. The predicted molar refractivity (Wildman–Crippen MR) is 79.3 cm³/mol. The molecule has 0 radical (unpaired) electrons. The van der Waals surface area contributed by atoms with Crippen LogP contribution < -0.4 is 11.1 Å². The van der Waals surface area contributed by atoms with Gasteiger partial charge in [0.05, 0.1) is 6.04 Å². The van der Waals surface area contributed by atoms with Gasteiger partial charge in [-0.1, -0.05) is 30.3 Å². The van der Waals surface area contributed by atoms with Crippen LogP contribution >= 0.6 is 0 Å². The zero-order chi connectivity index (χ0) is 13.9. The lowest BCUT2D eigenvalue weighted by molar-refractivity contribution is -0.123. The van der Waals surface area contributed by atoms with Crippen LogP contribution in [0.15, 0.2) is 30.3 Å². The first-order valence-corrected chi connectivity index (χ1v) is 7.56. The Morgan fingerprint density at radius 1 is 1.30 bits per heavy atom. The third-order valence-corrected chi connectivity index (χ3v) is 4.26. The highest BCUT2D eigenvalue weighted by molar-refractivity contribution is 5.82. The van der Waals surface area contributed by atoms with Crippen LogP contribution in [-0.4, -0.2) is 42.0 Å². The van der Waals surface area contributed by atoms with Gasteiger partial charge in [0, 0.05) is 25.2 Å². The molecular weight excluding hydrogens is 250 g/mol.